The minimum atomic E-state index is -1.06. The molecule has 0 amide bonds. The molecule has 0 aliphatic carbocycles. The van der Waals surface area contributed by atoms with Gasteiger partial charge < -0.3 is 29.5 Å². The number of aliphatic hydroxyl groups excluding tert-OH is 3. The largest absolute Gasteiger partial charge is 0.467 e. The molecule has 172 valence electrons. The minimum absolute atomic E-state index is 0.0192. The Morgan fingerprint density at radius 2 is 1.94 bits per heavy atom. The summed E-state index contributed by atoms with van der Waals surface area (Å²) in [5.74, 6) is -0.483. The molecule has 3 N–H and O–H groups in total. The van der Waals surface area contributed by atoms with Crippen LogP contribution in [0, 0.1) is 11.8 Å². The second kappa shape index (κ2) is 10.1. The molecule has 2 saturated heterocycles. The van der Waals surface area contributed by atoms with Crippen molar-refractivity contribution in [2.75, 3.05) is 13.7 Å². The van der Waals surface area contributed by atoms with Gasteiger partial charge in [0.05, 0.1) is 49.8 Å². The Hall–Kier alpha value is -1.91. The monoisotopic (exact) mass is 436 g/mol. The van der Waals surface area contributed by atoms with E-state index in [0.717, 1.165) is 0 Å². The topological polar surface area (TPSA) is 135 Å². The highest BCUT2D eigenvalue weighted by Gasteiger charge is 2.48. The van der Waals surface area contributed by atoms with E-state index in [1.165, 1.54) is 25.6 Å². The SMILES string of the molecule is COc1ncc(C(=O)/C=C(\C)C[C@@H]2OC[C@H](C[C@@H]3O[C@H]3[C@@H](C)[C@H](C)O)[C@@H](O)[C@H]2O)cn1. The normalized spacial score (nSPS) is 32.9. The summed E-state index contributed by atoms with van der Waals surface area (Å²) < 4.78 is 16.4. The van der Waals surface area contributed by atoms with Gasteiger partial charge in [0.25, 0.3) is 0 Å². The van der Waals surface area contributed by atoms with Gasteiger partial charge in [-0.25, -0.2) is 9.97 Å². The Morgan fingerprint density at radius 1 is 1.26 bits per heavy atom. The van der Waals surface area contributed by atoms with Gasteiger partial charge in [-0.15, -0.1) is 0 Å². The highest BCUT2D eigenvalue weighted by Crippen LogP contribution is 2.38. The molecule has 9 heteroatoms. The molecule has 0 bridgehead atoms. The predicted octanol–water partition coefficient (Wildman–Crippen LogP) is 0.915. The molecule has 8 atom stereocenters. The second-order valence-corrected chi connectivity index (χ2v) is 8.61. The molecule has 3 rings (SSSR count). The van der Waals surface area contributed by atoms with Gasteiger partial charge >= 0.3 is 6.01 Å². The summed E-state index contributed by atoms with van der Waals surface area (Å²) in [7, 11) is 1.45. The molecule has 2 aliphatic rings. The Kier molecular flexibility index (Phi) is 7.77. The molecular weight excluding hydrogens is 404 g/mol. The number of epoxide rings is 1. The smallest absolute Gasteiger partial charge is 0.316 e. The maximum Gasteiger partial charge on any atom is 0.316 e. The molecule has 1 aromatic heterocycles. The quantitative estimate of drug-likeness (QED) is 0.293. The molecule has 0 radical (unpaired) electrons. The van der Waals surface area contributed by atoms with Crippen LogP contribution in [0.5, 0.6) is 6.01 Å². The van der Waals surface area contributed by atoms with Crippen LogP contribution in [0.2, 0.25) is 0 Å². The first-order valence-electron chi connectivity index (χ1n) is 10.6. The maximum atomic E-state index is 12.4. The molecule has 0 unspecified atom stereocenters. The standard InChI is InChI=1S/C22H32N2O7/c1-11(5-16(26)15-8-23-22(29-4)24-9-15)6-17-20(28)19(27)14(10-30-17)7-18-21(31-18)12(2)13(3)25/h5,8-9,12-14,17-21,25,27-28H,6-7,10H2,1-4H3/b11-5+/t12-,13-,14-,17-,18-,19+,20-,21-/m0/s1. The fourth-order valence-corrected chi connectivity index (χ4v) is 3.94. The van der Waals surface area contributed by atoms with E-state index in [2.05, 4.69) is 9.97 Å². The molecule has 0 spiro atoms. The van der Waals surface area contributed by atoms with E-state index >= 15 is 0 Å². The summed E-state index contributed by atoms with van der Waals surface area (Å²) in [5, 5.41) is 30.8. The van der Waals surface area contributed by atoms with E-state index in [-0.39, 0.29) is 35.8 Å². The summed E-state index contributed by atoms with van der Waals surface area (Å²) in [4.78, 5) is 20.2. The van der Waals surface area contributed by atoms with Crippen molar-refractivity contribution in [2.45, 2.75) is 70.2 Å². The number of carbonyl (C=O) groups is 1. The van der Waals surface area contributed by atoms with Crippen LogP contribution in [-0.4, -0.2) is 81.4 Å². The number of hydrogen-bond donors (Lipinski definition) is 3. The Bertz CT molecular complexity index is 783. The van der Waals surface area contributed by atoms with Gasteiger partial charge in [-0.2, -0.15) is 0 Å². The van der Waals surface area contributed by atoms with Gasteiger partial charge in [0.2, 0.25) is 0 Å². The van der Waals surface area contributed by atoms with Gasteiger partial charge in [0.15, 0.2) is 5.78 Å². The van der Waals surface area contributed by atoms with Crippen molar-refractivity contribution < 1.29 is 34.3 Å². The summed E-state index contributed by atoms with van der Waals surface area (Å²) in [6.07, 6.45) is 1.99. The lowest BCUT2D eigenvalue weighted by Crippen LogP contribution is -2.50. The van der Waals surface area contributed by atoms with Gasteiger partial charge in [0, 0.05) is 24.2 Å². The van der Waals surface area contributed by atoms with Crippen molar-refractivity contribution in [3.05, 3.63) is 29.6 Å². The summed E-state index contributed by atoms with van der Waals surface area (Å²) >= 11 is 0. The first kappa shape index (κ1) is 23.7. The molecule has 1 aromatic rings. The van der Waals surface area contributed by atoms with Crippen LogP contribution in [0.4, 0.5) is 0 Å². The first-order valence-corrected chi connectivity index (χ1v) is 10.6. The predicted molar refractivity (Wildman–Crippen MR) is 111 cm³/mol. The van der Waals surface area contributed by atoms with Crippen molar-refractivity contribution in [1.82, 2.24) is 9.97 Å². The van der Waals surface area contributed by atoms with E-state index < -0.39 is 24.4 Å². The van der Waals surface area contributed by atoms with Crippen molar-refractivity contribution in [2.24, 2.45) is 11.8 Å². The molecule has 0 aromatic carbocycles. The zero-order valence-electron chi connectivity index (χ0n) is 18.3. The van der Waals surface area contributed by atoms with E-state index in [1.54, 1.807) is 13.8 Å². The van der Waals surface area contributed by atoms with Crippen LogP contribution in [0.1, 0.15) is 44.0 Å². The number of nitrogens with zero attached hydrogens (tertiary/aromatic N) is 2. The fourth-order valence-electron chi connectivity index (χ4n) is 3.94. The van der Waals surface area contributed by atoms with Crippen molar-refractivity contribution in [1.29, 1.82) is 0 Å². The number of aliphatic hydroxyl groups is 3. The van der Waals surface area contributed by atoms with E-state index in [0.29, 0.717) is 30.6 Å². The highest BCUT2D eigenvalue weighted by molar-refractivity contribution is 6.04. The van der Waals surface area contributed by atoms with Gasteiger partial charge in [-0.3, -0.25) is 4.79 Å². The van der Waals surface area contributed by atoms with Crippen LogP contribution in [-0.2, 0) is 9.47 Å². The third-order valence-electron chi connectivity index (χ3n) is 6.17. The number of hydrogen-bond acceptors (Lipinski definition) is 9. The van der Waals surface area contributed by atoms with E-state index in [9.17, 15) is 20.1 Å². The number of aromatic nitrogens is 2. The van der Waals surface area contributed by atoms with Crippen LogP contribution in [0.15, 0.2) is 24.0 Å². The van der Waals surface area contributed by atoms with Gasteiger partial charge in [0.1, 0.15) is 6.10 Å². The lowest BCUT2D eigenvalue weighted by Gasteiger charge is -2.38. The van der Waals surface area contributed by atoms with E-state index in [1.807, 2.05) is 6.92 Å². The van der Waals surface area contributed by atoms with Gasteiger partial charge in [-0.05, 0) is 32.8 Å². The van der Waals surface area contributed by atoms with Crippen LogP contribution >= 0.6 is 0 Å². The third-order valence-corrected chi connectivity index (χ3v) is 6.17. The van der Waals surface area contributed by atoms with Crippen LogP contribution in [0.3, 0.4) is 0 Å². The van der Waals surface area contributed by atoms with Crippen molar-refractivity contribution in [3.63, 3.8) is 0 Å². The van der Waals surface area contributed by atoms with Crippen molar-refractivity contribution >= 4 is 5.78 Å². The van der Waals surface area contributed by atoms with E-state index in [4.69, 9.17) is 14.2 Å². The zero-order chi connectivity index (χ0) is 22.7. The number of carbonyl (C=O) groups excluding carboxylic acids is 1. The maximum absolute atomic E-state index is 12.4. The summed E-state index contributed by atoms with van der Waals surface area (Å²) in [6, 6.07) is 0.183. The molecule has 2 fully saturated rings. The lowest BCUT2D eigenvalue weighted by atomic mass is 9.85. The molecule has 31 heavy (non-hydrogen) atoms. The molecule has 2 aliphatic heterocycles. The van der Waals surface area contributed by atoms with Crippen LogP contribution in [0.25, 0.3) is 0 Å². The zero-order valence-corrected chi connectivity index (χ0v) is 18.3. The summed E-state index contributed by atoms with van der Waals surface area (Å²) in [6.45, 7) is 5.74. The van der Waals surface area contributed by atoms with Gasteiger partial charge in [-0.1, -0.05) is 12.5 Å². The Morgan fingerprint density at radius 3 is 2.55 bits per heavy atom. The molecule has 3 heterocycles. The number of methoxy groups -OCH3 is 1. The highest BCUT2D eigenvalue weighted by atomic mass is 16.6. The third kappa shape index (κ3) is 5.87. The minimum Gasteiger partial charge on any atom is -0.467 e. The number of ketones is 1. The average molecular weight is 437 g/mol. The second-order valence-electron chi connectivity index (χ2n) is 8.61. The van der Waals surface area contributed by atoms with Crippen LogP contribution < -0.4 is 4.74 Å². The molecule has 9 nitrogen and oxygen atoms in total. The number of allylic oxidation sites excluding steroid dienone is 1. The lowest BCUT2D eigenvalue weighted by molar-refractivity contribution is -0.165. The first-order chi connectivity index (χ1) is 14.7. The average Bonchev–Trinajstić information content (AvgIpc) is 3.51. The summed E-state index contributed by atoms with van der Waals surface area (Å²) in [5.41, 5.74) is 1.04. The van der Waals surface area contributed by atoms with Crippen molar-refractivity contribution in [3.8, 4) is 6.01 Å². The molecule has 0 saturated carbocycles. The number of ether oxygens (including phenoxy) is 3. The number of rotatable bonds is 9. The molecular formula is C22H32N2O7. The Balaban J connectivity index is 1.51. The fraction of sp³-hybridized carbons (Fsp3) is 0.682. The Labute approximate surface area is 182 Å².